The zero-order valence-electron chi connectivity index (χ0n) is 16.0. The van der Waals surface area contributed by atoms with Gasteiger partial charge in [-0.05, 0) is 38.1 Å². The minimum Gasteiger partial charge on any atom is -0.456 e. The second-order valence-corrected chi connectivity index (χ2v) is 7.68. The lowest BCUT2D eigenvalue weighted by Crippen LogP contribution is -2.21. The maximum absolute atomic E-state index is 12.2. The molecule has 0 aliphatic carbocycles. The van der Waals surface area contributed by atoms with Gasteiger partial charge in [-0.2, -0.15) is 0 Å². The summed E-state index contributed by atoms with van der Waals surface area (Å²) in [5.41, 5.74) is 1.64. The largest absolute Gasteiger partial charge is 0.456 e. The summed E-state index contributed by atoms with van der Waals surface area (Å²) < 4.78 is 4.92. The van der Waals surface area contributed by atoms with Crippen LogP contribution in [0.3, 0.4) is 0 Å². The van der Waals surface area contributed by atoms with Gasteiger partial charge in [0.1, 0.15) is 0 Å². The van der Waals surface area contributed by atoms with Gasteiger partial charge >= 0.3 is 5.97 Å². The highest BCUT2D eigenvalue weighted by molar-refractivity contribution is 7.12. The quantitative estimate of drug-likeness (QED) is 0.520. The molecule has 8 heteroatoms. The van der Waals surface area contributed by atoms with Crippen molar-refractivity contribution in [2.75, 3.05) is 17.2 Å². The average molecular weight is 402 g/mol. The molecule has 0 spiro atoms. The number of Topliss-reactive ketones (excluding diaryl/α,β-unsaturated/α-hetero) is 1. The van der Waals surface area contributed by atoms with E-state index in [2.05, 4.69) is 10.6 Å². The summed E-state index contributed by atoms with van der Waals surface area (Å²) in [5.74, 6) is -1.46. The lowest BCUT2D eigenvalue weighted by molar-refractivity contribution is -0.147. The van der Waals surface area contributed by atoms with Gasteiger partial charge in [0.15, 0.2) is 12.4 Å². The zero-order valence-corrected chi connectivity index (χ0v) is 16.8. The number of ketones is 1. The number of carbonyl (C=O) groups excluding carboxylic acids is 4. The molecule has 28 heavy (non-hydrogen) atoms. The molecule has 0 atom stereocenters. The van der Waals surface area contributed by atoms with Crippen LogP contribution in [0.4, 0.5) is 11.4 Å². The number of esters is 1. The molecule has 0 unspecified atom stereocenters. The number of amides is 2. The van der Waals surface area contributed by atoms with Crippen LogP contribution in [-0.4, -0.2) is 30.2 Å². The van der Waals surface area contributed by atoms with Crippen molar-refractivity contribution >= 4 is 46.3 Å². The first-order chi connectivity index (χ1) is 13.2. The molecule has 2 N–H and O–H groups in total. The Balaban J connectivity index is 1.76. The van der Waals surface area contributed by atoms with E-state index in [1.165, 1.54) is 18.3 Å². The fourth-order valence-corrected chi connectivity index (χ4v) is 3.49. The van der Waals surface area contributed by atoms with Gasteiger partial charge < -0.3 is 15.4 Å². The van der Waals surface area contributed by atoms with Crippen molar-refractivity contribution in [1.82, 2.24) is 0 Å². The van der Waals surface area contributed by atoms with Gasteiger partial charge in [0.2, 0.25) is 5.91 Å². The van der Waals surface area contributed by atoms with Gasteiger partial charge in [0.05, 0.1) is 6.42 Å². The maximum atomic E-state index is 12.2. The number of anilines is 2. The van der Waals surface area contributed by atoms with E-state index < -0.39 is 18.5 Å². The van der Waals surface area contributed by atoms with Crippen molar-refractivity contribution in [3.8, 4) is 0 Å². The first-order valence-corrected chi connectivity index (χ1v) is 9.49. The van der Waals surface area contributed by atoms with Gasteiger partial charge in [-0.3, -0.25) is 19.2 Å². The van der Waals surface area contributed by atoms with Gasteiger partial charge in [0, 0.05) is 40.0 Å². The predicted octanol–water partition coefficient (Wildman–Crippen LogP) is 3.47. The Hall–Kier alpha value is -3.00. The van der Waals surface area contributed by atoms with Crippen LogP contribution >= 0.6 is 11.3 Å². The molecule has 1 heterocycles. The smallest absolute Gasteiger partial charge is 0.306 e. The molecule has 2 rings (SSSR count). The van der Waals surface area contributed by atoms with Crippen LogP contribution in [0.15, 0.2) is 30.3 Å². The predicted molar refractivity (Wildman–Crippen MR) is 108 cm³/mol. The molecule has 0 bridgehead atoms. The fraction of sp³-hybridized carbons (Fsp3) is 0.300. The van der Waals surface area contributed by atoms with E-state index in [-0.39, 0.29) is 24.5 Å². The number of aryl methyl sites for hydroxylation is 2. The highest BCUT2D eigenvalue weighted by atomic mass is 32.1. The van der Waals surface area contributed by atoms with E-state index in [0.29, 0.717) is 16.9 Å². The number of carbonyl (C=O) groups is 4. The SMILES string of the molecule is CC(=O)Nc1cccc(NC(=O)COC(=O)CCC(=O)c2cc(C)sc2C)c1. The van der Waals surface area contributed by atoms with E-state index in [0.717, 1.165) is 9.75 Å². The Morgan fingerprint density at radius 1 is 1.00 bits per heavy atom. The number of hydrogen-bond donors (Lipinski definition) is 2. The molecule has 0 aliphatic heterocycles. The first kappa shape index (κ1) is 21.3. The molecule has 0 saturated heterocycles. The maximum Gasteiger partial charge on any atom is 0.306 e. The van der Waals surface area contributed by atoms with Crippen LogP contribution in [0.5, 0.6) is 0 Å². The highest BCUT2D eigenvalue weighted by Crippen LogP contribution is 2.22. The van der Waals surface area contributed by atoms with Crippen molar-refractivity contribution in [2.24, 2.45) is 0 Å². The molecule has 0 saturated carbocycles. The Labute approximate surface area is 167 Å². The van der Waals surface area contributed by atoms with Crippen molar-refractivity contribution < 1.29 is 23.9 Å². The van der Waals surface area contributed by atoms with Crippen molar-refractivity contribution in [3.63, 3.8) is 0 Å². The molecular formula is C20H22N2O5S. The highest BCUT2D eigenvalue weighted by Gasteiger charge is 2.15. The summed E-state index contributed by atoms with van der Waals surface area (Å²) in [6, 6.07) is 8.41. The molecule has 0 aliphatic rings. The third-order valence-electron chi connectivity index (χ3n) is 3.73. The van der Waals surface area contributed by atoms with Gasteiger partial charge in [0.25, 0.3) is 5.91 Å². The lowest BCUT2D eigenvalue weighted by atomic mass is 10.1. The van der Waals surface area contributed by atoms with Crippen LogP contribution in [0.1, 0.15) is 39.9 Å². The third kappa shape index (κ3) is 6.62. The average Bonchev–Trinajstić information content (AvgIpc) is 2.96. The second-order valence-electron chi connectivity index (χ2n) is 6.22. The minimum absolute atomic E-state index is 0.0379. The molecule has 1 aromatic carbocycles. The summed E-state index contributed by atoms with van der Waals surface area (Å²) in [6.45, 7) is 4.73. The van der Waals surface area contributed by atoms with Crippen LogP contribution < -0.4 is 10.6 Å². The Morgan fingerprint density at radius 2 is 1.68 bits per heavy atom. The molecule has 7 nitrogen and oxygen atoms in total. The normalized spacial score (nSPS) is 10.2. The molecule has 1 aromatic heterocycles. The van der Waals surface area contributed by atoms with Gasteiger partial charge in [-0.25, -0.2) is 0 Å². The summed E-state index contributed by atoms with van der Waals surface area (Å²) >= 11 is 1.54. The number of hydrogen-bond acceptors (Lipinski definition) is 6. The second kappa shape index (κ2) is 9.80. The molecule has 2 aromatic rings. The molecule has 0 fully saturated rings. The zero-order chi connectivity index (χ0) is 20.7. The number of rotatable bonds is 8. The third-order valence-corrected chi connectivity index (χ3v) is 4.69. The van der Waals surface area contributed by atoms with Crippen LogP contribution in [0.25, 0.3) is 0 Å². The van der Waals surface area contributed by atoms with E-state index in [1.54, 1.807) is 24.3 Å². The van der Waals surface area contributed by atoms with E-state index >= 15 is 0 Å². The molecule has 148 valence electrons. The number of nitrogens with one attached hydrogen (secondary N) is 2. The molecule has 2 amide bonds. The van der Waals surface area contributed by atoms with Crippen molar-refractivity contribution in [1.29, 1.82) is 0 Å². The number of ether oxygens (including phenoxy) is 1. The summed E-state index contributed by atoms with van der Waals surface area (Å²) in [5, 5.41) is 5.19. The van der Waals surface area contributed by atoms with Crippen LogP contribution in [0, 0.1) is 13.8 Å². The Kier molecular flexibility index (Phi) is 7.45. The van der Waals surface area contributed by atoms with Gasteiger partial charge in [-0.15, -0.1) is 11.3 Å². The van der Waals surface area contributed by atoms with Gasteiger partial charge in [-0.1, -0.05) is 6.07 Å². The number of thiophene rings is 1. The van der Waals surface area contributed by atoms with E-state index in [9.17, 15) is 19.2 Å². The van der Waals surface area contributed by atoms with E-state index in [1.807, 2.05) is 19.9 Å². The summed E-state index contributed by atoms with van der Waals surface area (Å²) in [6.07, 6.45) is -0.0469. The summed E-state index contributed by atoms with van der Waals surface area (Å²) in [7, 11) is 0. The Bertz CT molecular complexity index is 904. The minimum atomic E-state index is -0.611. The topological polar surface area (TPSA) is 102 Å². The summed E-state index contributed by atoms with van der Waals surface area (Å²) in [4.78, 5) is 48.9. The fourth-order valence-electron chi connectivity index (χ4n) is 2.55. The monoisotopic (exact) mass is 402 g/mol. The lowest BCUT2D eigenvalue weighted by Gasteiger charge is -2.08. The van der Waals surface area contributed by atoms with Crippen LogP contribution in [0.2, 0.25) is 0 Å². The number of benzene rings is 1. The Morgan fingerprint density at radius 3 is 2.29 bits per heavy atom. The molecule has 0 radical (unpaired) electrons. The standard InChI is InChI=1S/C20H22N2O5S/c1-12-9-17(13(2)28-12)18(24)7-8-20(26)27-11-19(25)22-16-6-4-5-15(10-16)21-14(3)23/h4-6,9-10H,7-8,11H2,1-3H3,(H,21,23)(H,22,25). The van der Waals surface area contributed by atoms with Crippen LogP contribution in [-0.2, 0) is 19.1 Å². The first-order valence-electron chi connectivity index (χ1n) is 8.68. The van der Waals surface area contributed by atoms with Crippen molar-refractivity contribution in [3.05, 3.63) is 45.6 Å². The van der Waals surface area contributed by atoms with E-state index in [4.69, 9.17) is 4.74 Å². The molecular weight excluding hydrogens is 380 g/mol. The van der Waals surface area contributed by atoms with Crippen molar-refractivity contribution in [2.45, 2.75) is 33.6 Å².